The van der Waals surface area contributed by atoms with Crippen LogP contribution in [-0.2, 0) is 9.84 Å². The normalized spacial score (nSPS) is 23.8. The highest BCUT2D eigenvalue weighted by Gasteiger charge is 2.28. The molecule has 94 valence electrons. The summed E-state index contributed by atoms with van der Waals surface area (Å²) in [6.07, 6.45) is 3.45. The minimum atomic E-state index is -2.99. The Morgan fingerprint density at radius 2 is 2.06 bits per heavy atom. The molecule has 1 atom stereocenters. The van der Waals surface area contributed by atoms with Gasteiger partial charge in [-0.25, -0.2) is 8.42 Å². The second-order valence-corrected chi connectivity index (χ2v) is 6.44. The van der Waals surface area contributed by atoms with Gasteiger partial charge in [0.1, 0.15) is 0 Å². The van der Waals surface area contributed by atoms with Crippen LogP contribution < -0.4 is 5.32 Å². The Labute approximate surface area is 97.7 Å². The molecule has 1 heterocycles. The number of sulfone groups is 1. The lowest BCUT2D eigenvalue weighted by Gasteiger charge is -2.30. The average molecular weight is 247 g/mol. The van der Waals surface area contributed by atoms with Gasteiger partial charge in [-0.15, -0.1) is 0 Å². The van der Waals surface area contributed by atoms with Crippen LogP contribution in [0.25, 0.3) is 0 Å². The van der Waals surface area contributed by atoms with Crippen molar-refractivity contribution in [2.45, 2.75) is 32.7 Å². The summed E-state index contributed by atoms with van der Waals surface area (Å²) in [4.78, 5) is 0. The van der Waals surface area contributed by atoms with Gasteiger partial charge in [-0.3, -0.25) is 0 Å². The summed E-state index contributed by atoms with van der Waals surface area (Å²) >= 11 is 0. The molecule has 0 fully saturated rings. The second kappa shape index (κ2) is 5.29. The predicted molar refractivity (Wildman–Crippen MR) is 64.8 cm³/mol. The van der Waals surface area contributed by atoms with Crippen molar-refractivity contribution in [1.29, 1.82) is 0 Å². The molecule has 0 bridgehead atoms. The molecule has 16 heavy (non-hydrogen) atoms. The van der Waals surface area contributed by atoms with Crippen molar-refractivity contribution in [2.24, 2.45) is 5.41 Å². The van der Waals surface area contributed by atoms with E-state index in [1.807, 2.05) is 13.8 Å². The van der Waals surface area contributed by atoms with Crippen LogP contribution in [0, 0.1) is 5.41 Å². The third kappa shape index (κ3) is 3.30. The van der Waals surface area contributed by atoms with E-state index < -0.39 is 9.84 Å². The number of aliphatic hydroxyl groups is 1. The van der Waals surface area contributed by atoms with E-state index in [1.165, 1.54) is 5.41 Å². The number of hydrogen-bond acceptors (Lipinski definition) is 4. The number of rotatable bonds is 6. The summed E-state index contributed by atoms with van der Waals surface area (Å²) in [5.41, 5.74) is -0.125. The van der Waals surface area contributed by atoms with E-state index in [1.54, 1.807) is 6.08 Å². The molecule has 1 aliphatic heterocycles. The number of nitrogens with one attached hydrogen (secondary N) is 1. The van der Waals surface area contributed by atoms with Crippen LogP contribution in [0.2, 0.25) is 0 Å². The van der Waals surface area contributed by atoms with Crippen molar-refractivity contribution in [3.05, 3.63) is 11.5 Å². The topological polar surface area (TPSA) is 66.4 Å². The number of aliphatic hydroxyl groups excluding tert-OH is 1. The minimum absolute atomic E-state index is 0.103. The van der Waals surface area contributed by atoms with Gasteiger partial charge < -0.3 is 10.4 Å². The molecule has 0 radical (unpaired) electrons. The van der Waals surface area contributed by atoms with Crippen LogP contribution in [-0.4, -0.2) is 38.5 Å². The Balaban J connectivity index is 2.49. The molecule has 5 heteroatoms. The van der Waals surface area contributed by atoms with Gasteiger partial charge in [0.15, 0.2) is 9.84 Å². The maximum Gasteiger partial charge on any atom is 0.173 e. The zero-order valence-corrected chi connectivity index (χ0v) is 10.8. The quantitative estimate of drug-likeness (QED) is 0.724. The van der Waals surface area contributed by atoms with Gasteiger partial charge in [-0.1, -0.05) is 19.9 Å². The van der Waals surface area contributed by atoms with E-state index in [-0.39, 0.29) is 23.8 Å². The zero-order valence-electron chi connectivity index (χ0n) is 9.94. The lowest BCUT2D eigenvalue weighted by Crippen LogP contribution is -2.41. The SMILES string of the molecule is CCC(CC)(CO)CNC1C=CS(=O)(=O)C1. The average Bonchev–Trinajstić information content (AvgIpc) is 2.61. The summed E-state index contributed by atoms with van der Waals surface area (Å²) in [6.45, 7) is 4.88. The largest absolute Gasteiger partial charge is 0.396 e. The smallest absolute Gasteiger partial charge is 0.173 e. The van der Waals surface area contributed by atoms with Crippen LogP contribution in [0.4, 0.5) is 0 Å². The van der Waals surface area contributed by atoms with E-state index >= 15 is 0 Å². The van der Waals surface area contributed by atoms with Crippen molar-refractivity contribution >= 4 is 9.84 Å². The molecule has 1 rings (SSSR count). The van der Waals surface area contributed by atoms with Gasteiger partial charge in [-0.05, 0) is 12.8 Å². The van der Waals surface area contributed by atoms with Crippen molar-refractivity contribution in [1.82, 2.24) is 5.32 Å². The minimum Gasteiger partial charge on any atom is -0.396 e. The molecule has 4 nitrogen and oxygen atoms in total. The van der Waals surface area contributed by atoms with E-state index in [4.69, 9.17) is 0 Å². The fraction of sp³-hybridized carbons (Fsp3) is 0.818. The molecule has 0 amide bonds. The van der Waals surface area contributed by atoms with Gasteiger partial charge in [0.2, 0.25) is 0 Å². The molecule has 0 aromatic heterocycles. The Morgan fingerprint density at radius 3 is 2.44 bits per heavy atom. The summed E-state index contributed by atoms with van der Waals surface area (Å²) in [6, 6.07) is -0.103. The van der Waals surface area contributed by atoms with Crippen molar-refractivity contribution in [3.8, 4) is 0 Å². The van der Waals surface area contributed by atoms with E-state index in [0.717, 1.165) is 12.8 Å². The Morgan fingerprint density at radius 1 is 1.44 bits per heavy atom. The fourth-order valence-electron chi connectivity index (χ4n) is 1.83. The van der Waals surface area contributed by atoms with Gasteiger partial charge in [-0.2, -0.15) is 0 Å². The van der Waals surface area contributed by atoms with E-state index in [2.05, 4.69) is 5.32 Å². The van der Waals surface area contributed by atoms with Crippen molar-refractivity contribution < 1.29 is 13.5 Å². The summed E-state index contributed by atoms with van der Waals surface area (Å²) < 4.78 is 22.4. The Hall–Kier alpha value is -0.390. The highest BCUT2D eigenvalue weighted by atomic mass is 32.2. The molecule has 0 saturated carbocycles. The highest BCUT2D eigenvalue weighted by Crippen LogP contribution is 2.25. The van der Waals surface area contributed by atoms with E-state index in [9.17, 15) is 13.5 Å². The van der Waals surface area contributed by atoms with Crippen molar-refractivity contribution in [2.75, 3.05) is 18.9 Å². The molecule has 1 unspecified atom stereocenters. The van der Waals surface area contributed by atoms with Crippen LogP contribution in [0.15, 0.2) is 11.5 Å². The molecule has 0 aromatic rings. The van der Waals surface area contributed by atoms with Crippen LogP contribution in [0.1, 0.15) is 26.7 Å². The molecule has 0 aliphatic carbocycles. The lowest BCUT2D eigenvalue weighted by atomic mass is 9.83. The Bertz CT molecular complexity index is 336. The third-order valence-corrected chi connectivity index (χ3v) is 4.90. The lowest BCUT2D eigenvalue weighted by molar-refractivity contribution is 0.112. The van der Waals surface area contributed by atoms with Gasteiger partial charge in [0.25, 0.3) is 0 Å². The molecule has 0 saturated heterocycles. The maximum absolute atomic E-state index is 11.2. The van der Waals surface area contributed by atoms with Gasteiger partial charge in [0, 0.05) is 30.0 Å². The number of hydrogen-bond donors (Lipinski definition) is 2. The first-order valence-corrected chi connectivity index (χ1v) is 7.43. The first-order valence-electron chi connectivity index (χ1n) is 5.72. The molecule has 2 N–H and O–H groups in total. The zero-order chi connectivity index (χ0) is 12.2. The molecule has 1 aliphatic rings. The highest BCUT2D eigenvalue weighted by molar-refractivity contribution is 7.94. The Kier molecular flexibility index (Phi) is 4.52. The second-order valence-electron chi connectivity index (χ2n) is 4.51. The molecular formula is C11H21NO3S. The van der Waals surface area contributed by atoms with Gasteiger partial charge in [0.05, 0.1) is 5.75 Å². The predicted octanol–water partition coefficient (Wildman–Crippen LogP) is 0.685. The summed E-state index contributed by atoms with van der Waals surface area (Å²) in [5, 5.41) is 13.8. The van der Waals surface area contributed by atoms with Gasteiger partial charge >= 0.3 is 0 Å². The maximum atomic E-state index is 11.2. The van der Waals surface area contributed by atoms with Crippen LogP contribution in [0.5, 0.6) is 0 Å². The first-order chi connectivity index (χ1) is 7.47. The molecule has 0 aromatic carbocycles. The van der Waals surface area contributed by atoms with Crippen LogP contribution in [0.3, 0.4) is 0 Å². The standard InChI is InChI=1S/C11H21NO3S/c1-3-11(4-2,9-13)8-12-10-5-6-16(14,15)7-10/h5-6,10,12-13H,3-4,7-9H2,1-2H3. The first kappa shape index (κ1) is 13.7. The molecule has 0 spiro atoms. The van der Waals surface area contributed by atoms with Crippen LogP contribution >= 0.6 is 0 Å². The summed E-state index contributed by atoms with van der Waals surface area (Å²) in [5.74, 6) is 0.141. The fourth-order valence-corrected chi connectivity index (χ4v) is 3.10. The monoisotopic (exact) mass is 247 g/mol. The molecular weight excluding hydrogens is 226 g/mol. The van der Waals surface area contributed by atoms with Crippen molar-refractivity contribution in [3.63, 3.8) is 0 Å². The summed E-state index contributed by atoms with van der Waals surface area (Å²) in [7, 11) is -2.99. The third-order valence-electron chi connectivity index (χ3n) is 3.50. The van der Waals surface area contributed by atoms with E-state index in [0.29, 0.717) is 6.54 Å².